The summed E-state index contributed by atoms with van der Waals surface area (Å²) in [5.74, 6) is 1.25. The van der Waals surface area contributed by atoms with Gasteiger partial charge >= 0.3 is 0 Å². The Morgan fingerprint density at radius 1 is 1.11 bits per heavy atom. The predicted molar refractivity (Wildman–Crippen MR) is 112 cm³/mol. The SMILES string of the molecule is CCOc1ccc(OC(C)C(=O)NCc2sc(-c3ccccc3)nc2C)cc1. The molecule has 0 saturated carbocycles. The summed E-state index contributed by atoms with van der Waals surface area (Å²) in [5, 5.41) is 3.90. The number of ether oxygens (including phenoxy) is 2. The largest absolute Gasteiger partial charge is 0.494 e. The lowest BCUT2D eigenvalue weighted by Crippen LogP contribution is -2.35. The van der Waals surface area contributed by atoms with Crippen molar-refractivity contribution >= 4 is 17.2 Å². The zero-order valence-corrected chi connectivity index (χ0v) is 17.1. The lowest BCUT2D eigenvalue weighted by molar-refractivity contribution is -0.127. The van der Waals surface area contributed by atoms with E-state index < -0.39 is 6.10 Å². The van der Waals surface area contributed by atoms with E-state index in [9.17, 15) is 4.79 Å². The molecule has 0 aliphatic heterocycles. The van der Waals surface area contributed by atoms with Gasteiger partial charge in [0.15, 0.2) is 6.10 Å². The molecular formula is C22H24N2O3S. The Labute approximate surface area is 169 Å². The highest BCUT2D eigenvalue weighted by Crippen LogP contribution is 2.27. The quantitative estimate of drug-likeness (QED) is 0.604. The first-order valence-corrected chi connectivity index (χ1v) is 10.1. The fourth-order valence-electron chi connectivity index (χ4n) is 2.65. The molecule has 0 fully saturated rings. The van der Waals surface area contributed by atoms with Gasteiger partial charge in [-0.1, -0.05) is 30.3 Å². The van der Waals surface area contributed by atoms with E-state index in [0.29, 0.717) is 18.9 Å². The highest BCUT2D eigenvalue weighted by molar-refractivity contribution is 7.15. The molecule has 0 spiro atoms. The summed E-state index contributed by atoms with van der Waals surface area (Å²) < 4.78 is 11.1. The van der Waals surface area contributed by atoms with Gasteiger partial charge in [0.1, 0.15) is 16.5 Å². The van der Waals surface area contributed by atoms with E-state index in [1.54, 1.807) is 30.4 Å². The Kier molecular flexibility index (Phi) is 6.66. The maximum atomic E-state index is 12.4. The minimum absolute atomic E-state index is 0.164. The van der Waals surface area contributed by atoms with Crippen molar-refractivity contribution in [3.63, 3.8) is 0 Å². The molecule has 1 N–H and O–H groups in total. The van der Waals surface area contributed by atoms with Crippen LogP contribution in [0.15, 0.2) is 54.6 Å². The second kappa shape index (κ2) is 9.37. The predicted octanol–water partition coefficient (Wildman–Crippen LogP) is 4.60. The third-order valence-electron chi connectivity index (χ3n) is 4.15. The first kappa shape index (κ1) is 19.9. The Balaban J connectivity index is 1.55. The summed E-state index contributed by atoms with van der Waals surface area (Å²) >= 11 is 1.60. The summed E-state index contributed by atoms with van der Waals surface area (Å²) in [4.78, 5) is 18.1. The van der Waals surface area contributed by atoms with Gasteiger partial charge in [0.25, 0.3) is 5.91 Å². The van der Waals surface area contributed by atoms with Crippen molar-refractivity contribution in [3.05, 3.63) is 65.2 Å². The Hall–Kier alpha value is -2.86. The molecule has 28 heavy (non-hydrogen) atoms. The molecule has 146 valence electrons. The van der Waals surface area contributed by atoms with E-state index in [2.05, 4.69) is 10.3 Å². The van der Waals surface area contributed by atoms with Crippen LogP contribution in [-0.2, 0) is 11.3 Å². The minimum Gasteiger partial charge on any atom is -0.494 e. The maximum Gasteiger partial charge on any atom is 0.261 e. The molecule has 2 aromatic carbocycles. The van der Waals surface area contributed by atoms with Gasteiger partial charge in [-0.05, 0) is 45.0 Å². The van der Waals surface area contributed by atoms with Gasteiger partial charge in [-0.25, -0.2) is 4.98 Å². The van der Waals surface area contributed by atoms with Crippen molar-refractivity contribution in [3.8, 4) is 22.1 Å². The van der Waals surface area contributed by atoms with E-state index in [4.69, 9.17) is 9.47 Å². The smallest absolute Gasteiger partial charge is 0.261 e. The van der Waals surface area contributed by atoms with Gasteiger partial charge in [-0.15, -0.1) is 11.3 Å². The van der Waals surface area contributed by atoms with Crippen molar-refractivity contribution < 1.29 is 14.3 Å². The van der Waals surface area contributed by atoms with E-state index >= 15 is 0 Å². The van der Waals surface area contributed by atoms with Crippen molar-refractivity contribution in [2.24, 2.45) is 0 Å². The number of aromatic nitrogens is 1. The van der Waals surface area contributed by atoms with Crippen LogP contribution in [-0.4, -0.2) is 23.6 Å². The van der Waals surface area contributed by atoms with E-state index in [1.807, 2.05) is 56.3 Å². The second-order valence-electron chi connectivity index (χ2n) is 6.28. The van der Waals surface area contributed by atoms with Gasteiger partial charge in [-0.2, -0.15) is 0 Å². The molecular weight excluding hydrogens is 372 g/mol. The topological polar surface area (TPSA) is 60.5 Å². The second-order valence-corrected chi connectivity index (χ2v) is 7.36. The number of hydrogen-bond donors (Lipinski definition) is 1. The lowest BCUT2D eigenvalue weighted by Gasteiger charge is -2.15. The molecule has 0 aliphatic carbocycles. The van der Waals surface area contributed by atoms with E-state index in [0.717, 1.165) is 26.9 Å². The van der Waals surface area contributed by atoms with Crippen LogP contribution in [0.25, 0.3) is 10.6 Å². The van der Waals surface area contributed by atoms with Crippen LogP contribution in [0, 0.1) is 6.92 Å². The van der Waals surface area contributed by atoms with Gasteiger partial charge < -0.3 is 14.8 Å². The summed E-state index contributed by atoms with van der Waals surface area (Å²) in [7, 11) is 0. The van der Waals surface area contributed by atoms with Gasteiger partial charge in [0, 0.05) is 10.4 Å². The first-order chi connectivity index (χ1) is 13.6. The third kappa shape index (κ3) is 5.10. The summed E-state index contributed by atoms with van der Waals surface area (Å²) in [6, 6.07) is 17.3. The average Bonchev–Trinajstić information content (AvgIpc) is 3.09. The van der Waals surface area contributed by atoms with Crippen molar-refractivity contribution in [1.82, 2.24) is 10.3 Å². The first-order valence-electron chi connectivity index (χ1n) is 9.25. The van der Waals surface area contributed by atoms with Crippen LogP contribution >= 0.6 is 11.3 Å². The van der Waals surface area contributed by atoms with Crippen molar-refractivity contribution in [1.29, 1.82) is 0 Å². The van der Waals surface area contributed by atoms with Crippen LogP contribution in [0.1, 0.15) is 24.4 Å². The number of nitrogens with one attached hydrogen (secondary N) is 1. The van der Waals surface area contributed by atoms with Crippen LogP contribution < -0.4 is 14.8 Å². The summed E-state index contributed by atoms with van der Waals surface area (Å²) in [6.07, 6.45) is -0.597. The number of carbonyl (C=O) groups excluding carboxylic acids is 1. The molecule has 0 radical (unpaired) electrons. The summed E-state index contributed by atoms with van der Waals surface area (Å²) in [6.45, 7) is 6.68. The highest BCUT2D eigenvalue weighted by Gasteiger charge is 2.16. The Morgan fingerprint density at radius 2 is 1.79 bits per heavy atom. The normalized spacial score (nSPS) is 11.7. The molecule has 1 aromatic heterocycles. The number of thiazole rings is 1. The molecule has 0 bridgehead atoms. The number of aryl methyl sites for hydroxylation is 1. The zero-order valence-electron chi connectivity index (χ0n) is 16.3. The highest BCUT2D eigenvalue weighted by atomic mass is 32.1. The van der Waals surface area contributed by atoms with Crippen LogP contribution in [0.2, 0.25) is 0 Å². The average molecular weight is 397 g/mol. The van der Waals surface area contributed by atoms with Gasteiger partial charge in [-0.3, -0.25) is 4.79 Å². The standard InChI is InChI=1S/C22H24N2O3S/c1-4-26-18-10-12-19(13-11-18)27-16(3)21(25)23-14-20-15(2)24-22(28-20)17-8-6-5-7-9-17/h5-13,16H,4,14H2,1-3H3,(H,23,25). The fourth-order valence-corrected chi connectivity index (χ4v) is 3.65. The molecule has 1 amide bonds. The molecule has 1 atom stereocenters. The molecule has 3 rings (SSSR count). The molecule has 3 aromatic rings. The lowest BCUT2D eigenvalue weighted by atomic mass is 10.2. The molecule has 1 unspecified atom stereocenters. The van der Waals surface area contributed by atoms with Crippen LogP contribution in [0.5, 0.6) is 11.5 Å². The maximum absolute atomic E-state index is 12.4. The molecule has 0 saturated heterocycles. The van der Waals surface area contributed by atoms with E-state index in [-0.39, 0.29) is 5.91 Å². The van der Waals surface area contributed by atoms with E-state index in [1.165, 1.54) is 0 Å². The monoisotopic (exact) mass is 396 g/mol. The fraction of sp³-hybridized carbons (Fsp3) is 0.273. The van der Waals surface area contributed by atoms with Crippen LogP contribution in [0.4, 0.5) is 0 Å². The summed E-state index contributed by atoms with van der Waals surface area (Å²) in [5.41, 5.74) is 2.02. The molecule has 1 heterocycles. The van der Waals surface area contributed by atoms with Crippen molar-refractivity contribution in [2.75, 3.05) is 6.61 Å². The number of carbonyl (C=O) groups is 1. The van der Waals surface area contributed by atoms with Gasteiger partial charge in [0.05, 0.1) is 18.8 Å². The number of hydrogen-bond acceptors (Lipinski definition) is 5. The molecule has 0 aliphatic rings. The molecule has 6 heteroatoms. The van der Waals surface area contributed by atoms with Crippen molar-refractivity contribution in [2.45, 2.75) is 33.4 Å². The number of benzene rings is 2. The molecule has 5 nitrogen and oxygen atoms in total. The third-order valence-corrected chi connectivity index (χ3v) is 5.36. The minimum atomic E-state index is -0.597. The Morgan fingerprint density at radius 3 is 2.46 bits per heavy atom. The zero-order chi connectivity index (χ0) is 19.9. The number of amides is 1. The van der Waals surface area contributed by atoms with Gasteiger partial charge in [0.2, 0.25) is 0 Å². The Bertz CT molecular complexity index is 907. The van der Waals surface area contributed by atoms with Crippen LogP contribution in [0.3, 0.4) is 0 Å². The number of rotatable bonds is 8. The number of nitrogens with zero attached hydrogens (tertiary/aromatic N) is 1.